The molecule has 0 aliphatic carbocycles. The van der Waals surface area contributed by atoms with Crippen LogP contribution in [0.5, 0.6) is 0 Å². The summed E-state index contributed by atoms with van der Waals surface area (Å²) in [5.74, 6) is -0.943. The van der Waals surface area contributed by atoms with Gasteiger partial charge in [-0.3, -0.25) is 13.9 Å². The van der Waals surface area contributed by atoms with Crippen LogP contribution in [-0.4, -0.2) is 44.3 Å². The van der Waals surface area contributed by atoms with Gasteiger partial charge in [0.15, 0.2) is 0 Å². The van der Waals surface area contributed by atoms with Gasteiger partial charge in [0.25, 0.3) is 10.0 Å². The number of benzene rings is 3. The van der Waals surface area contributed by atoms with E-state index in [0.717, 1.165) is 27.4 Å². The summed E-state index contributed by atoms with van der Waals surface area (Å²) in [6.45, 7) is 9.02. The molecule has 0 heterocycles. The standard InChI is InChI=1S/C30H35Cl2N3O4S/c1-6-16-33-30(37)23(5)34(18-26-27(31)8-7-9-28(26)32)29(36)19-35(24-13-12-21(3)22(4)17-24)40(38,39)25-14-10-20(2)11-15-25/h7-15,17,23H,6,16,18-19H2,1-5H3,(H,33,37). The lowest BCUT2D eigenvalue weighted by Gasteiger charge is -2.32. The van der Waals surface area contributed by atoms with Crippen LogP contribution in [-0.2, 0) is 26.2 Å². The molecule has 2 amide bonds. The van der Waals surface area contributed by atoms with Gasteiger partial charge in [0.2, 0.25) is 11.8 Å². The van der Waals surface area contributed by atoms with Crippen LogP contribution in [0.3, 0.4) is 0 Å². The first-order valence-corrected chi connectivity index (χ1v) is 15.2. The van der Waals surface area contributed by atoms with Crippen LogP contribution in [0.4, 0.5) is 5.69 Å². The van der Waals surface area contributed by atoms with E-state index in [2.05, 4.69) is 5.32 Å². The molecule has 0 spiro atoms. The molecule has 40 heavy (non-hydrogen) atoms. The summed E-state index contributed by atoms with van der Waals surface area (Å²) in [5.41, 5.74) is 3.58. The maximum absolute atomic E-state index is 14.0. The number of hydrogen-bond acceptors (Lipinski definition) is 4. The van der Waals surface area contributed by atoms with E-state index in [-0.39, 0.29) is 17.3 Å². The molecule has 0 bridgehead atoms. The first kappa shape index (κ1) is 31.5. The van der Waals surface area contributed by atoms with E-state index in [9.17, 15) is 18.0 Å². The van der Waals surface area contributed by atoms with Gasteiger partial charge >= 0.3 is 0 Å². The molecular weight excluding hydrogens is 569 g/mol. The zero-order valence-corrected chi connectivity index (χ0v) is 25.7. The van der Waals surface area contributed by atoms with Gasteiger partial charge in [-0.25, -0.2) is 8.42 Å². The first-order chi connectivity index (χ1) is 18.9. The number of anilines is 1. The highest BCUT2D eigenvalue weighted by molar-refractivity contribution is 7.92. The van der Waals surface area contributed by atoms with Crippen molar-refractivity contribution in [3.8, 4) is 0 Å². The maximum atomic E-state index is 14.0. The molecule has 0 fully saturated rings. The number of aryl methyl sites for hydroxylation is 3. The molecule has 3 aromatic rings. The molecule has 0 aliphatic rings. The van der Waals surface area contributed by atoms with E-state index < -0.39 is 28.5 Å². The second kappa shape index (κ2) is 13.5. The molecular formula is C30H35Cl2N3O4S. The summed E-state index contributed by atoms with van der Waals surface area (Å²) in [4.78, 5) is 28.4. The Bertz CT molecular complexity index is 1460. The number of carbonyl (C=O) groups is 2. The highest BCUT2D eigenvalue weighted by Crippen LogP contribution is 2.29. The monoisotopic (exact) mass is 603 g/mol. The number of rotatable bonds is 11. The number of amides is 2. The van der Waals surface area contributed by atoms with Crippen molar-refractivity contribution in [2.24, 2.45) is 0 Å². The van der Waals surface area contributed by atoms with Gasteiger partial charge in [0.1, 0.15) is 12.6 Å². The number of carbonyl (C=O) groups excluding carboxylic acids is 2. The van der Waals surface area contributed by atoms with Crippen LogP contribution < -0.4 is 9.62 Å². The van der Waals surface area contributed by atoms with Crippen molar-refractivity contribution in [1.29, 1.82) is 0 Å². The first-order valence-electron chi connectivity index (χ1n) is 13.0. The molecule has 0 radical (unpaired) electrons. The van der Waals surface area contributed by atoms with Crippen LogP contribution in [0, 0.1) is 20.8 Å². The van der Waals surface area contributed by atoms with Crippen molar-refractivity contribution in [2.45, 2.75) is 58.5 Å². The predicted molar refractivity (Wildman–Crippen MR) is 161 cm³/mol. The second-order valence-corrected chi connectivity index (χ2v) is 12.5. The number of halogens is 2. The van der Waals surface area contributed by atoms with Gasteiger partial charge in [-0.15, -0.1) is 0 Å². The molecule has 0 aliphatic heterocycles. The smallest absolute Gasteiger partial charge is 0.264 e. The van der Waals surface area contributed by atoms with Crippen molar-refractivity contribution in [3.63, 3.8) is 0 Å². The van der Waals surface area contributed by atoms with Gasteiger partial charge in [-0.2, -0.15) is 0 Å². The van der Waals surface area contributed by atoms with Crippen LogP contribution in [0.25, 0.3) is 0 Å². The lowest BCUT2D eigenvalue weighted by atomic mass is 10.1. The van der Waals surface area contributed by atoms with Crippen LogP contribution in [0.2, 0.25) is 10.0 Å². The van der Waals surface area contributed by atoms with E-state index in [4.69, 9.17) is 23.2 Å². The highest BCUT2D eigenvalue weighted by atomic mass is 35.5. The van der Waals surface area contributed by atoms with Gasteiger partial charge in [-0.05, 0) is 81.6 Å². The van der Waals surface area contributed by atoms with Crippen LogP contribution in [0.1, 0.15) is 42.5 Å². The summed E-state index contributed by atoms with van der Waals surface area (Å²) in [7, 11) is -4.15. The van der Waals surface area contributed by atoms with Gasteiger partial charge in [0, 0.05) is 28.7 Å². The van der Waals surface area contributed by atoms with Crippen molar-refractivity contribution in [2.75, 3.05) is 17.4 Å². The van der Waals surface area contributed by atoms with E-state index in [1.807, 2.05) is 33.8 Å². The number of sulfonamides is 1. The van der Waals surface area contributed by atoms with E-state index in [0.29, 0.717) is 27.8 Å². The fraction of sp³-hybridized carbons (Fsp3) is 0.333. The molecule has 0 saturated carbocycles. The summed E-state index contributed by atoms with van der Waals surface area (Å²) in [6, 6.07) is 15.7. The lowest BCUT2D eigenvalue weighted by Crippen LogP contribution is -2.51. The Morgan fingerprint density at radius 1 is 0.925 bits per heavy atom. The summed E-state index contributed by atoms with van der Waals surface area (Å²) >= 11 is 12.8. The minimum Gasteiger partial charge on any atom is -0.354 e. The van der Waals surface area contributed by atoms with Crippen molar-refractivity contribution < 1.29 is 18.0 Å². The molecule has 1 unspecified atom stereocenters. The molecule has 10 heteroatoms. The topological polar surface area (TPSA) is 86.8 Å². The summed E-state index contributed by atoms with van der Waals surface area (Å²) in [6.07, 6.45) is 0.720. The number of nitrogens with one attached hydrogen (secondary N) is 1. The molecule has 0 aromatic heterocycles. The molecule has 214 valence electrons. The number of hydrogen-bond donors (Lipinski definition) is 1. The Balaban J connectivity index is 2.08. The highest BCUT2D eigenvalue weighted by Gasteiger charge is 2.33. The normalized spacial score (nSPS) is 12.1. The zero-order valence-electron chi connectivity index (χ0n) is 23.4. The van der Waals surface area contributed by atoms with Gasteiger partial charge in [-0.1, -0.05) is 60.0 Å². The van der Waals surface area contributed by atoms with Crippen molar-refractivity contribution >= 4 is 50.7 Å². The third-order valence-corrected chi connectivity index (χ3v) is 9.27. The third-order valence-electron chi connectivity index (χ3n) is 6.77. The van der Waals surface area contributed by atoms with Gasteiger partial charge in [0.05, 0.1) is 10.6 Å². The average molecular weight is 605 g/mol. The Hall–Kier alpha value is -3.07. The molecule has 3 aromatic carbocycles. The largest absolute Gasteiger partial charge is 0.354 e. The minimum absolute atomic E-state index is 0.0542. The van der Waals surface area contributed by atoms with Crippen molar-refractivity contribution in [1.82, 2.24) is 10.2 Å². The predicted octanol–water partition coefficient (Wildman–Crippen LogP) is 6.06. The van der Waals surface area contributed by atoms with Gasteiger partial charge < -0.3 is 10.2 Å². The fourth-order valence-corrected chi connectivity index (χ4v) is 6.00. The number of nitrogens with zero attached hydrogens (tertiary/aromatic N) is 2. The van der Waals surface area contributed by atoms with Crippen molar-refractivity contribution in [3.05, 3.63) is 93.0 Å². The minimum atomic E-state index is -4.15. The molecule has 1 atom stereocenters. The Labute approximate surface area is 247 Å². The molecule has 1 N–H and O–H groups in total. The Kier molecular flexibility index (Phi) is 10.6. The zero-order chi connectivity index (χ0) is 29.6. The van der Waals surface area contributed by atoms with Crippen LogP contribution in [0.15, 0.2) is 65.6 Å². The second-order valence-electron chi connectivity index (χ2n) is 9.78. The van der Waals surface area contributed by atoms with E-state index in [1.54, 1.807) is 49.4 Å². The average Bonchev–Trinajstić information content (AvgIpc) is 2.91. The molecule has 3 rings (SSSR count). The Morgan fingerprint density at radius 3 is 2.12 bits per heavy atom. The van der Waals surface area contributed by atoms with Crippen LogP contribution >= 0.6 is 23.2 Å². The quantitative estimate of drug-likeness (QED) is 0.289. The lowest BCUT2D eigenvalue weighted by molar-refractivity contribution is -0.139. The summed E-state index contributed by atoms with van der Waals surface area (Å²) in [5, 5.41) is 3.49. The molecule has 7 nitrogen and oxygen atoms in total. The van der Waals surface area contributed by atoms with E-state index >= 15 is 0 Å². The maximum Gasteiger partial charge on any atom is 0.264 e. The third kappa shape index (κ3) is 7.36. The fourth-order valence-electron chi connectivity index (χ4n) is 4.08. The SMILES string of the molecule is CCCNC(=O)C(C)N(Cc1c(Cl)cccc1Cl)C(=O)CN(c1ccc(C)c(C)c1)S(=O)(=O)c1ccc(C)cc1. The Morgan fingerprint density at radius 2 is 1.55 bits per heavy atom. The molecule has 0 saturated heterocycles. The summed E-state index contributed by atoms with van der Waals surface area (Å²) < 4.78 is 29.0. The van der Waals surface area contributed by atoms with E-state index in [1.165, 1.54) is 17.0 Å².